The quantitative estimate of drug-likeness (QED) is 0.880. The van der Waals surface area contributed by atoms with Crippen molar-refractivity contribution in [3.05, 3.63) is 59.9 Å². The van der Waals surface area contributed by atoms with Gasteiger partial charge in [0.2, 0.25) is 0 Å². The molecule has 4 nitrogen and oxygen atoms in total. The molecule has 0 fully saturated rings. The Morgan fingerprint density at radius 3 is 2.75 bits per heavy atom. The minimum Gasteiger partial charge on any atom is -0.484 e. The summed E-state index contributed by atoms with van der Waals surface area (Å²) >= 11 is 0. The molecule has 2 aromatic rings. The first-order valence-corrected chi connectivity index (χ1v) is 6.05. The van der Waals surface area contributed by atoms with Crippen LogP contribution in [0.4, 0.5) is 10.1 Å². The van der Waals surface area contributed by atoms with E-state index >= 15 is 0 Å². The zero-order valence-electron chi connectivity index (χ0n) is 10.7. The lowest BCUT2D eigenvalue weighted by Crippen LogP contribution is -2.20. The molecule has 1 amide bonds. The Labute approximate surface area is 115 Å². The largest absolute Gasteiger partial charge is 0.484 e. The first-order valence-electron chi connectivity index (χ1n) is 6.05. The molecule has 0 aliphatic carbocycles. The van der Waals surface area contributed by atoms with Gasteiger partial charge in [-0.05, 0) is 35.9 Å². The Hall–Kier alpha value is -2.40. The molecule has 0 aliphatic rings. The summed E-state index contributed by atoms with van der Waals surface area (Å²) in [5, 5.41) is 11.5. The summed E-state index contributed by atoms with van der Waals surface area (Å²) in [4.78, 5) is 11.6. The van der Waals surface area contributed by atoms with Crippen molar-refractivity contribution >= 4 is 11.6 Å². The lowest BCUT2D eigenvalue weighted by Gasteiger charge is -2.08. The Bertz CT molecular complexity index is 601. The number of hydrogen-bond donors (Lipinski definition) is 2. The van der Waals surface area contributed by atoms with Gasteiger partial charge in [0.15, 0.2) is 6.61 Å². The highest BCUT2D eigenvalue weighted by Gasteiger charge is 2.04. The van der Waals surface area contributed by atoms with Gasteiger partial charge in [0.1, 0.15) is 11.6 Å². The molecule has 0 bridgehead atoms. The van der Waals surface area contributed by atoms with Gasteiger partial charge in [0.05, 0.1) is 6.61 Å². The predicted octanol–water partition coefficient (Wildman–Crippen LogP) is 2.34. The first kappa shape index (κ1) is 14.0. The fraction of sp³-hybridized carbons (Fsp3) is 0.133. The third-order valence-electron chi connectivity index (χ3n) is 2.56. The number of benzene rings is 2. The number of halogens is 1. The van der Waals surface area contributed by atoms with E-state index in [1.807, 2.05) is 0 Å². The van der Waals surface area contributed by atoms with Crippen molar-refractivity contribution in [2.75, 3.05) is 11.9 Å². The molecule has 0 atom stereocenters. The zero-order chi connectivity index (χ0) is 14.4. The summed E-state index contributed by atoms with van der Waals surface area (Å²) in [6.45, 7) is -0.280. The Morgan fingerprint density at radius 2 is 2.00 bits per heavy atom. The number of ether oxygens (including phenoxy) is 1. The smallest absolute Gasteiger partial charge is 0.262 e. The van der Waals surface area contributed by atoms with E-state index in [0.717, 1.165) is 0 Å². The number of aliphatic hydroxyl groups excluding tert-OH is 1. The van der Waals surface area contributed by atoms with E-state index in [4.69, 9.17) is 9.84 Å². The van der Waals surface area contributed by atoms with Crippen LogP contribution in [-0.4, -0.2) is 17.6 Å². The monoisotopic (exact) mass is 275 g/mol. The van der Waals surface area contributed by atoms with E-state index < -0.39 is 5.82 Å². The van der Waals surface area contributed by atoms with E-state index in [-0.39, 0.29) is 19.1 Å². The van der Waals surface area contributed by atoms with E-state index in [1.54, 1.807) is 30.3 Å². The molecule has 2 N–H and O–H groups in total. The number of hydrogen-bond acceptors (Lipinski definition) is 3. The standard InChI is InChI=1S/C15H14FNO3/c16-12-4-2-5-13(8-12)17-15(19)10-20-14-6-1-3-11(7-14)9-18/h1-8,18H,9-10H2,(H,17,19). The molecule has 0 saturated carbocycles. The summed E-state index contributed by atoms with van der Waals surface area (Å²) < 4.78 is 18.2. The first-order chi connectivity index (χ1) is 9.67. The van der Waals surface area contributed by atoms with Crippen LogP contribution in [0.3, 0.4) is 0 Å². The molecule has 0 heterocycles. The molecule has 5 heteroatoms. The van der Waals surface area contributed by atoms with Gasteiger partial charge in [-0.2, -0.15) is 0 Å². The van der Waals surface area contributed by atoms with E-state index in [2.05, 4.69) is 5.32 Å². The normalized spacial score (nSPS) is 10.1. The van der Waals surface area contributed by atoms with Gasteiger partial charge in [-0.25, -0.2) is 4.39 Å². The molecule has 104 valence electrons. The number of anilines is 1. The summed E-state index contributed by atoms with van der Waals surface area (Å²) in [5.41, 5.74) is 1.08. The molecule has 2 rings (SSSR count). The second-order valence-electron chi connectivity index (χ2n) is 4.15. The highest BCUT2D eigenvalue weighted by atomic mass is 19.1. The topological polar surface area (TPSA) is 58.6 Å². The number of amides is 1. The van der Waals surface area contributed by atoms with Crippen molar-refractivity contribution in [3.8, 4) is 5.75 Å². The van der Waals surface area contributed by atoms with Gasteiger partial charge >= 0.3 is 0 Å². The van der Waals surface area contributed by atoms with Crippen LogP contribution in [0.2, 0.25) is 0 Å². The lowest BCUT2D eigenvalue weighted by molar-refractivity contribution is -0.118. The third kappa shape index (κ3) is 4.07. The van der Waals surface area contributed by atoms with Gasteiger partial charge < -0.3 is 15.2 Å². The van der Waals surface area contributed by atoms with Gasteiger partial charge in [0.25, 0.3) is 5.91 Å². The Balaban J connectivity index is 1.88. The van der Waals surface area contributed by atoms with Crippen molar-refractivity contribution < 1.29 is 19.0 Å². The van der Waals surface area contributed by atoms with Crippen LogP contribution in [0.1, 0.15) is 5.56 Å². The highest BCUT2D eigenvalue weighted by Crippen LogP contribution is 2.13. The molecule has 2 aromatic carbocycles. The molecule has 0 radical (unpaired) electrons. The Kier molecular flexibility index (Phi) is 4.68. The van der Waals surface area contributed by atoms with Crippen LogP contribution in [-0.2, 0) is 11.4 Å². The van der Waals surface area contributed by atoms with Crippen LogP contribution in [0, 0.1) is 5.82 Å². The molecule has 0 spiro atoms. The summed E-state index contributed by atoms with van der Waals surface area (Å²) in [6, 6.07) is 12.4. The second kappa shape index (κ2) is 6.68. The maximum atomic E-state index is 12.9. The SMILES string of the molecule is O=C(COc1cccc(CO)c1)Nc1cccc(F)c1. The number of nitrogens with one attached hydrogen (secondary N) is 1. The van der Waals surface area contributed by atoms with E-state index in [9.17, 15) is 9.18 Å². The van der Waals surface area contributed by atoms with Crippen LogP contribution in [0.5, 0.6) is 5.75 Å². The second-order valence-corrected chi connectivity index (χ2v) is 4.15. The zero-order valence-corrected chi connectivity index (χ0v) is 10.7. The van der Waals surface area contributed by atoms with Gasteiger partial charge in [-0.3, -0.25) is 4.79 Å². The van der Waals surface area contributed by atoms with Crippen molar-refractivity contribution in [2.24, 2.45) is 0 Å². The maximum absolute atomic E-state index is 12.9. The molecule has 0 aliphatic heterocycles. The number of carbonyl (C=O) groups is 1. The van der Waals surface area contributed by atoms with Crippen LogP contribution in [0.15, 0.2) is 48.5 Å². The molecular formula is C15H14FNO3. The average molecular weight is 275 g/mol. The fourth-order valence-corrected chi connectivity index (χ4v) is 1.65. The number of carbonyl (C=O) groups excluding carboxylic acids is 1. The van der Waals surface area contributed by atoms with Crippen molar-refractivity contribution in [1.82, 2.24) is 0 Å². The van der Waals surface area contributed by atoms with Crippen LogP contribution < -0.4 is 10.1 Å². The molecular weight excluding hydrogens is 261 g/mol. The van der Waals surface area contributed by atoms with E-state index in [1.165, 1.54) is 18.2 Å². The molecule has 0 aromatic heterocycles. The minimum atomic E-state index is -0.417. The summed E-state index contributed by atoms with van der Waals surface area (Å²) in [7, 11) is 0. The molecule has 0 saturated heterocycles. The lowest BCUT2D eigenvalue weighted by atomic mass is 10.2. The minimum absolute atomic E-state index is 0.0906. The van der Waals surface area contributed by atoms with Gasteiger partial charge in [-0.1, -0.05) is 18.2 Å². The van der Waals surface area contributed by atoms with Crippen LogP contribution in [0.25, 0.3) is 0 Å². The Morgan fingerprint density at radius 1 is 1.20 bits per heavy atom. The summed E-state index contributed by atoms with van der Waals surface area (Å²) in [5.74, 6) is -0.310. The predicted molar refractivity (Wildman–Crippen MR) is 72.9 cm³/mol. The van der Waals surface area contributed by atoms with Crippen LogP contribution >= 0.6 is 0 Å². The van der Waals surface area contributed by atoms with Crippen molar-refractivity contribution in [1.29, 1.82) is 0 Å². The van der Waals surface area contributed by atoms with E-state index in [0.29, 0.717) is 17.0 Å². The van der Waals surface area contributed by atoms with Crippen molar-refractivity contribution in [2.45, 2.75) is 6.61 Å². The number of aliphatic hydroxyl groups is 1. The average Bonchev–Trinajstić information content (AvgIpc) is 2.45. The fourth-order valence-electron chi connectivity index (χ4n) is 1.65. The van der Waals surface area contributed by atoms with Gasteiger partial charge in [-0.15, -0.1) is 0 Å². The van der Waals surface area contributed by atoms with Gasteiger partial charge in [0, 0.05) is 5.69 Å². The summed E-state index contributed by atoms with van der Waals surface area (Å²) in [6.07, 6.45) is 0. The molecule has 20 heavy (non-hydrogen) atoms. The molecule has 0 unspecified atom stereocenters. The van der Waals surface area contributed by atoms with Crippen molar-refractivity contribution in [3.63, 3.8) is 0 Å². The highest BCUT2D eigenvalue weighted by molar-refractivity contribution is 5.91. The maximum Gasteiger partial charge on any atom is 0.262 e. The number of rotatable bonds is 5. The third-order valence-corrected chi connectivity index (χ3v) is 2.56.